The highest BCUT2D eigenvalue weighted by Crippen LogP contribution is 2.41. The van der Waals surface area contributed by atoms with Crippen LogP contribution in [0.5, 0.6) is 11.5 Å². The molecule has 0 fully saturated rings. The molecule has 8 nitrogen and oxygen atoms in total. The minimum atomic E-state index is -4.14. The van der Waals surface area contributed by atoms with E-state index in [1.807, 2.05) is 6.92 Å². The highest BCUT2D eigenvalue weighted by molar-refractivity contribution is 9.10. The number of para-hydroxylation sites is 1. The molecule has 0 aliphatic rings. The Bertz CT molecular complexity index is 1540. The molecule has 4 rings (SSSR count). The van der Waals surface area contributed by atoms with E-state index in [1.54, 1.807) is 56.3 Å². The van der Waals surface area contributed by atoms with E-state index in [9.17, 15) is 13.2 Å². The number of primary amides is 1. The summed E-state index contributed by atoms with van der Waals surface area (Å²) in [6.07, 6.45) is 0. The zero-order chi connectivity index (χ0) is 24.8. The van der Waals surface area contributed by atoms with Gasteiger partial charge in [0, 0.05) is 5.56 Å². The molecule has 3 N–H and O–H groups in total. The molecular weight excluding hydrogens is 522 g/mol. The van der Waals surface area contributed by atoms with Gasteiger partial charge in [0.2, 0.25) is 0 Å². The van der Waals surface area contributed by atoms with Gasteiger partial charge in [-0.25, -0.2) is 4.98 Å². The van der Waals surface area contributed by atoms with Gasteiger partial charge in [-0.2, -0.15) is 8.42 Å². The van der Waals surface area contributed by atoms with E-state index < -0.39 is 16.0 Å². The standard InChI is InChI=1S/C24H22BrN3O5S/c1-12-8-13(2)22(14(3)9-12)34(30,31)33-21-17(25)10-15(11-19(21)32-4)24-27-18-7-5-6-16(23(26)29)20(18)28-24/h5-11H,1-4H3,(H2,26,29)(H,27,28). The number of hydrogen-bond donors (Lipinski definition) is 2. The maximum atomic E-state index is 13.2. The predicted octanol–water partition coefficient (Wildman–Crippen LogP) is 4.79. The van der Waals surface area contributed by atoms with Crippen molar-refractivity contribution in [2.75, 3.05) is 7.11 Å². The average Bonchev–Trinajstić information content (AvgIpc) is 3.18. The number of nitrogens with zero attached hydrogens (tertiary/aromatic N) is 1. The Morgan fingerprint density at radius 1 is 1.09 bits per heavy atom. The number of hydrogen-bond acceptors (Lipinski definition) is 6. The van der Waals surface area contributed by atoms with E-state index in [0.29, 0.717) is 43.6 Å². The van der Waals surface area contributed by atoms with Gasteiger partial charge in [-0.3, -0.25) is 4.79 Å². The van der Waals surface area contributed by atoms with Gasteiger partial charge in [0.1, 0.15) is 16.2 Å². The van der Waals surface area contributed by atoms with Crippen LogP contribution in [0.25, 0.3) is 22.4 Å². The van der Waals surface area contributed by atoms with Gasteiger partial charge >= 0.3 is 10.1 Å². The summed E-state index contributed by atoms with van der Waals surface area (Å²) >= 11 is 3.41. The molecule has 176 valence electrons. The molecule has 1 amide bonds. The van der Waals surface area contributed by atoms with Crippen LogP contribution in [0.1, 0.15) is 27.0 Å². The molecule has 1 aromatic heterocycles. The van der Waals surface area contributed by atoms with Crippen LogP contribution in [-0.4, -0.2) is 31.4 Å². The van der Waals surface area contributed by atoms with Crippen molar-refractivity contribution in [2.45, 2.75) is 25.7 Å². The Hall–Kier alpha value is -3.37. The summed E-state index contributed by atoms with van der Waals surface area (Å²) in [5.74, 6) is 0.0610. The lowest BCUT2D eigenvalue weighted by Crippen LogP contribution is -2.14. The summed E-state index contributed by atoms with van der Waals surface area (Å²) in [5.41, 5.74) is 9.56. The van der Waals surface area contributed by atoms with Crippen molar-refractivity contribution in [3.63, 3.8) is 0 Å². The van der Waals surface area contributed by atoms with Crippen LogP contribution in [0.2, 0.25) is 0 Å². The van der Waals surface area contributed by atoms with Gasteiger partial charge in [0.15, 0.2) is 11.5 Å². The van der Waals surface area contributed by atoms with Crippen molar-refractivity contribution >= 4 is 43.0 Å². The fourth-order valence-electron chi connectivity index (χ4n) is 4.02. The third kappa shape index (κ3) is 4.26. The number of ether oxygens (including phenoxy) is 1. The lowest BCUT2D eigenvalue weighted by Gasteiger charge is -2.16. The van der Waals surface area contributed by atoms with E-state index in [1.165, 1.54) is 7.11 Å². The molecule has 0 aliphatic carbocycles. The highest BCUT2D eigenvalue weighted by Gasteiger charge is 2.26. The second-order valence-corrected chi connectivity index (χ2v) is 10.2. The van der Waals surface area contributed by atoms with Crippen molar-refractivity contribution in [2.24, 2.45) is 5.73 Å². The SMILES string of the molecule is COc1cc(-c2nc3c(C(N)=O)cccc3[nH]2)cc(Br)c1OS(=O)(=O)c1c(C)cc(C)cc1C. The van der Waals surface area contributed by atoms with Gasteiger partial charge in [0.25, 0.3) is 5.91 Å². The molecule has 0 bridgehead atoms. The molecule has 0 aliphatic heterocycles. The quantitative estimate of drug-likeness (QED) is 0.337. The molecule has 0 saturated carbocycles. The van der Waals surface area contributed by atoms with Crippen molar-refractivity contribution in [3.05, 3.63) is 69.2 Å². The van der Waals surface area contributed by atoms with E-state index in [2.05, 4.69) is 25.9 Å². The van der Waals surface area contributed by atoms with Gasteiger partial charge < -0.3 is 19.6 Å². The number of H-pyrrole nitrogens is 1. The number of aromatic nitrogens is 2. The lowest BCUT2D eigenvalue weighted by atomic mass is 10.1. The minimum Gasteiger partial charge on any atom is -0.493 e. The second kappa shape index (κ2) is 8.77. The number of imidazole rings is 1. The fourth-order valence-corrected chi connectivity index (χ4v) is 6.03. The van der Waals surface area contributed by atoms with Crippen LogP contribution in [0.3, 0.4) is 0 Å². The molecule has 34 heavy (non-hydrogen) atoms. The van der Waals surface area contributed by atoms with E-state index in [0.717, 1.165) is 5.56 Å². The summed E-state index contributed by atoms with van der Waals surface area (Å²) in [4.78, 5) is 19.5. The Morgan fingerprint density at radius 2 is 1.76 bits per heavy atom. The number of nitrogens with two attached hydrogens (primary N) is 1. The number of amides is 1. The number of nitrogens with one attached hydrogen (secondary N) is 1. The van der Waals surface area contributed by atoms with Crippen molar-refractivity contribution < 1.29 is 22.1 Å². The number of methoxy groups -OCH3 is 1. The number of aryl methyl sites for hydroxylation is 3. The summed E-state index contributed by atoms with van der Waals surface area (Å²) in [5, 5.41) is 0. The first-order valence-corrected chi connectivity index (χ1v) is 12.4. The average molecular weight is 544 g/mol. The second-order valence-electron chi connectivity index (χ2n) is 7.91. The van der Waals surface area contributed by atoms with Crippen LogP contribution in [-0.2, 0) is 10.1 Å². The summed E-state index contributed by atoms with van der Waals surface area (Å²) in [7, 11) is -2.73. The van der Waals surface area contributed by atoms with Gasteiger partial charge in [-0.05, 0) is 72.1 Å². The van der Waals surface area contributed by atoms with Crippen LogP contribution in [0, 0.1) is 20.8 Å². The molecule has 1 heterocycles. The Morgan fingerprint density at radius 3 is 2.38 bits per heavy atom. The summed E-state index contributed by atoms with van der Waals surface area (Å²) < 4.78 is 37.7. The zero-order valence-electron chi connectivity index (χ0n) is 18.9. The number of fused-ring (bicyclic) bond motifs is 1. The van der Waals surface area contributed by atoms with Crippen molar-refractivity contribution in [3.8, 4) is 22.9 Å². The fraction of sp³-hybridized carbons (Fsp3) is 0.167. The molecule has 10 heteroatoms. The van der Waals surface area contributed by atoms with Crippen LogP contribution in [0.15, 0.2) is 51.8 Å². The van der Waals surface area contributed by atoms with Gasteiger partial charge in [-0.1, -0.05) is 23.8 Å². The van der Waals surface area contributed by atoms with Crippen molar-refractivity contribution in [1.29, 1.82) is 0 Å². The molecule has 0 saturated heterocycles. The largest absolute Gasteiger partial charge is 0.493 e. The zero-order valence-corrected chi connectivity index (χ0v) is 21.3. The van der Waals surface area contributed by atoms with E-state index in [-0.39, 0.29) is 16.4 Å². The van der Waals surface area contributed by atoms with E-state index in [4.69, 9.17) is 14.7 Å². The predicted molar refractivity (Wildman–Crippen MR) is 133 cm³/mol. The maximum Gasteiger partial charge on any atom is 0.339 e. The molecule has 0 unspecified atom stereocenters. The number of carbonyl (C=O) groups is 1. The Kier molecular flexibility index (Phi) is 6.13. The monoisotopic (exact) mass is 543 g/mol. The molecule has 0 atom stereocenters. The maximum absolute atomic E-state index is 13.2. The molecule has 3 aromatic carbocycles. The molecule has 4 aromatic rings. The highest BCUT2D eigenvalue weighted by atomic mass is 79.9. The Labute approximate surface area is 205 Å². The topological polar surface area (TPSA) is 124 Å². The van der Waals surface area contributed by atoms with Crippen LogP contribution >= 0.6 is 15.9 Å². The summed E-state index contributed by atoms with van der Waals surface area (Å²) in [6, 6.07) is 11.9. The first-order valence-electron chi connectivity index (χ1n) is 10.2. The van der Waals surface area contributed by atoms with Gasteiger partial charge in [0.05, 0.1) is 22.7 Å². The third-order valence-electron chi connectivity index (χ3n) is 5.33. The number of carbonyl (C=O) groups excluding carboxylic acids is 1. The number of aromatic amines is 1. The van der Waals surface area contributed by atoms with Crippen LogP contribution < -0.4 is 14.7 Å². The van der Waals surface area contributed by atoms with Crippen LogP contribution in [0.4, 0.5) is 0 Å². The number of benzene rings is 3. The smallest absolute Gasteiger partial charge is 0.339 e. The first kappa shape index (κ1) is 23.8. The van der Waals surface area contributed by atoms with E-state index >= 15 is 0 Å². The van der Waals surface area contributed by atoms with Gasteiger partial charge in [-0.15, -0.1) is 0 Å². The third-order valence-corrected chi connectivity index (χ3v) is 7.45. The number of rotatable bonds is 6. The molecular formula is C24H22BrN3O5S. The number of halogens is 1. The minimum absolute atomic E-state index is 0.0135. The lowest BCUT2D eigenvalue weighted by molar-refractivity contribution is 0.100. The first-order chi connectivity index (χ1) is 16.0. The Balaban J connectivity index is 1.79. The normalized spacial score (nSPS) is 11.6. The van der Waals surface area contributed by atoms with Crippen molar-refractivity contribution in [1.82, 2.24) is 9.97 Å². The molecule has 0 spiro atoms. The molecule has 0 radical (unpaired) electrons. The summed E-state index contributed by atoms with van der Waals surface area (Å²) in [6.45, 7) is 5.36.